The highest BCUT2D eigenvalue weighted by Gasteiger charge is 2.19. The monoisotopic (exact) mass is 421 g/mol. The molecular formula is C19H20INO2. The maximum absolute atomic E-state index is 12.5. The molecule has 0 radical (unpaired) electrons. The minimum absolute atomic E-state index is 0.136. The number of likely N-dealkylation sites (tertiary alicyclic amines) is 1. The molecule has 2 aromatic carbocycles. The van der Waals surface area contributed by atoms with Gasteiger partial charge in [0.1, 0.15) is 12.4 Å². The predicted molar refractivity (Wildman–Crippen MR) is 99.7 cm³/mol. The Morgan fingerprint density at radius 3 is 2.48 bits per heavy atom. The molecule has 3 rings (SSSR count). The molecule has 0 spiro atoms. The number of amides is 1. The van der Waals surface area contributed by atoms with Crippen molar-refractivity contribution in [3.8, 4) is 5.75 Å². The fourth-order valence-corrected chi connectivity index (χ4v) is 3.44. The summed E-state index contributed by atoms with van der Waals surface area (Å²) >= 11 is 2.24. The van der Waals surface area contributed by atoms with Gasteiger partial charge >= 0.3 is 0 Å². The van der Waals surface area contributed by atoms with E-state index in [-0.39, 0.29) is 5.91 Å². The molecular weight excluding hydrogens is 401 g/mol. The molecule has 23 heavy (non-hydrogen) atoms. The average molecular weight is 421 g/mol. The smallest absolute Gasteiger partial charge is 0.253 e. The van der Waals surface area contributed by atoms with Gasteiger partial charge in [0, 0.05) is 18.7 Å². The summed E-state index contributed by atoms with van der Waals surface area (Å²) in [5.41, 5.74) is 1.89. The lowest BCUT2D eigenvalue weighted by Crippen LogP contribution is -2.35. The first-order valence-corrected chi connectivity index (χ1v) is 9.07. The van der Waals surface area contributed by atoms with E-state index in [4.69, 9.17) is 4.74 Å². The van der Waals surface area contributed by atoms with Crippen LogP contribution < -0.4 is 4.74 Å². The third-order valence-corrected chi connectivity index (χ3v) is 4.90. The van der Waals surface area contributed by atoms with Gasteiger partial charge in [0.15, 0.2) is 0 Å². The molecule has 1 amide bonds. The fourth-order valence-electron chi connectivity index (χ4n) is 2.77. The number of benzene rings is 2. The van der Waals surface area contributed by atoms with E-state index in [0.717, 1.165) is 46.4 Å². The van der Waals surface area contributed by atoms with E-state index in [1.54, 1.807) is 0 Å². The molecule has 0 N–H and O–H groups in total. The molecule has 1 saturated heterocycles. The van der Waals surface area contributed by atoms with Crippen LogP contribution >= 0.6 is 22.6 Å². The van der Waals surface area contributed by atoms with Gasteiger partial charge < -0.3 is 9.64 Å². The molecule has 3 nitrogen and oxygen atoms in total. The Bertz CT molecular complexity index is 666. The van der Waals surface area contributed by atoms with Crippen LogP contribution in [0.25, 0.3) is 0 Å². The van der Waals surface area contributed by atoms with E-state index in [2.05, 4.69) is 22.6 Å². The minimum Gasteiger partial charge on any atom is -0.488 e. The topological polar surface area (TPSA) is 29.5 Å². The summed E-state index contributed by atoms with van der Waals surface area (Å²) in [5.74, 6) is 0.960. The third-order valence-electron chi connectivity index (χ3n) is 4.06. The van der Waals surface area contributed by atoms with Crippen LogP contribution in [0.4, 0.5) is 0 Å². The number of nitrogens with zero attached hydrogens (tertiary/aromatic N) is 1. The van der Waals surface area contributed by atoms with Crippen LogP contribution in [-0.2, 0) is 6.61 Å². The number of carbonyl (C=O) groups excluding carboxylic acids is 1. The quantitative estimate of drug-likeness (QED) is 0.681. The molecule has 0 atom stereocenters. The van der Waals surface area contributed by atoms with Gasteiger partial charge in [-0.15, -0.1) is 0 Å². The molecule has 4 heteroatoms. The lowest BCUT2D eigenvalue weighted by atomic mass is 10.1. The van der Waals surface area contributed by atoms with Crippen molar-refractivity contribution in [1.29, 1.82) is 0 Å². The SMILES string of the molecule is O=C(c1ccc(OCc2ccccc2)c(I)c1)N1CCCCC1. The molecule has 0 saturated carbocycles. The first-order chi connectivity index (χ1) is 11.2. The van der Waals surface area contributed by atoms with Gasteiger partial charge in [-0.1, -0.05) is 30.3 Å². The Kier molecular flexibility index (Phi) is 5.54. The molecule has 120 valence electrons. The Balaban J connectivity index is 1.66. The first kappa shape index (κ1) is 16.3. The van der Waals surface area contributed by atoms with Crippen molar-refractivity contribution in [2.45, 2.75) is 25.9 Å². The summed E-state index contributed by atoms with van der Waals surface area (Å²) in [7, 11) is 0. The molecule has 0 bridgehead atoms. The van der Waals surface area contributed by atoms with Gasteiger partial charge in [0.2, 0.25) is 0 Å². The first-order valence-electron chi connectivity index (χ1n) is 7.99. The van der Waals surface area contributed by atoms with Crippen molar-refractivity contribution >= 4 is 28.5 Å². The average Bonchev–Trinajstić information content (AvgIpc) is 2.61. The fraction of sp³-hybridized carbons (Fsp3) is 0.316. The number of carbonyl (C=O) groups is 1. The molecule has 2 aromatic rings. The molecule has 1 heterocycles. The number of hydrogen-bond donors (Lipinski definition) is 0. The molecule has 1 aliphatic heterocycles. The maximum atomic E-state index is 12.5. The van der Waals surface area contributed by atoms with E-state index in [9.17, 15) is 4.79 Å². The molecule has 1 aliphatic rings. The van der Waals surface area contributed by atoms with Crippen molar-refractivity contribution in [1.82, 2.24) is 4.90 Å². The van der Waals surface area contributed by atoms with Crippen molar-refractivity contribution in [2.24, 2.45) is 0 Å². The number of halogens is 1. The van der Waals surface area contributed by atoms with E-state index in [0.29, 0.717) is 6.61 Å². The zero-order valence-corrected chi connectivity index (χ0v) is 15.2. The Labute approximate surface area is 150 Å². The van der Waals surface area contributed by atoms with Crippen LogP contribution in [0.3, 0.4) is 0 Å². The van der Waals surface area contributed by atoms with Gasteiger partial charge in [-0.25, -0.2) is 0 Å². The van der Waals surface area contributed by atoms with Gasteiger partial charge in [-0.3, -0.25) is 4.79 Å². The van der Waals surface area contributed by atoms with Gasteiger partial charge in [0.25, 0.3) is 5.91 Å². The van der Waals surface area contributed by atoms with Crippen LogP contribution in [0.2, 0.25) is 0 Å². The summed E-state index contributed by atoms with van der Waals surface area (Å²) in [6, 6.07) is 15.8. The maximum Gasteiger partial charge on any atom is 0.253 e. The lowest BCUT2D eigenvalue weighted by Gasteiger charge is -2.26. The van der Waals surface area contributed by atoms with E-state index < -0.39 is 0 Å². The molecule has 0 aliphatic carbocycles. The summed E-state index contributed by atoms with van der Waals surface area (Å²) in [6.45, 7) is 2.29. The lowest BCUT2D eigenvalue weighted by molar-refractivity contribution is 0.0724. The van der Waals surface area contributed by atoms with Gasteiger partial charge in [0.05, 0.1) is 3.57 Å². The Morgan fingerprint density at radius 1 is 1.04 bits per heavy atom. The number of hydrogen-bond acceptors (Lipinski definition) is 2. The van der Waals surface area contributed by atoms with Crippen LogP contribution in [-0.4, -0.2) is 23.9 Å². The Morgan fingerprint density at radius 2 is 1.78 bits per heavy atom. The standard InChI is InChI=1S/C19H20INO2/c20-17-13-16(19(22)21-11-5-2-6-12-21)9-10-18(17)23-14-15-7-3-1-4-8-15/h1,3-4,7-10,13H,2,5-6,11-12,14H2. The van der Waals surface area contributed by atoms with E-state index in [1.807, 2.05) is 53.4 Å². The summed E-state index contributed by atoms with van der Waals surface area (Å²) in [6.07, 6.45) is 3.45. The molecule has 1 fully saturated rings. The predicted octanol–water partition coefficient (Wildman–Crippen LogP) is 4.50. The normalized spacial score (nSPS) is 14.6. The number of rotatable bonds is 4. The number of ether oxygens (including phenoxy) is 1. The van der Waals surface area contributed by atoms with Crippen molar-refractivity contribution in [3.05, 3.63) is 63.2 Å². The highest BCUT2D eigenvalue weighted by atomic mass is 127. The number of piperidine rings is 1. The van der Waals surface area contributed by atoms with Gasteiger partial charge in [-0.05, 0) is 65.6 Å². The van der Waals surface area contributed by atoms with Gasteiger partial charge in [-0.2, -0.15) is 0 Å². The summed E-state index contributed by atoms with van der Waals surface area (Å²) < 4.78 is 6.84. The van der Waals surface area contributed by atoms with Crippen LogP contribution in [0, 0.1) is 3.57 Å². The van der Waals surface area contributed by atoms with E-state index >= 15 is 0 Å². The Hall–Kier alpha value is -1.56. The highest BCUT2D eigenvalue weighted by Crippen LogP contribution is 2.24. The highest BCUT2D eigenvalue weighted by molar-refractivity contribution is 14.1. The molecule has 0 aromatic heterocycles. The van der Waals surface area contributed by atoms with Crippen LogP contribution in [0.5, 0.6) is 5.75 Å². The second kappa shape index (κ2) is 7.81. The summed E-state index contributed by atoms with van der Waals surface area (Å²) in [5, 5.41) is 0. The zero-order chi connectivity index (χ0) is 16.1. The second-order valence-corrected chi connectivity index (χ2v) is 6.93. The third kappa shape index (κ3) is 4.25. The largest absolute Gasteiger partial charge is 0.488 e. The molecule has 0 unspecified atom stereocenters. The van der Waals surface area contributed by atoms with E-state index in [1.165, 1.54) is 6.42 Å². The second-order valence-electron chi connectivity index (χ2n) is 5.77. The minimum atomic E-state index is 0.136. The van der Waals surface area contributed by atoms with Crippen LogP contribution in [0.1, 0.15) is 35.2 Å². The van der Waals surface area contributed by atoms with Crippen LogP contribution in [0.15, 0.2) is 48.5 Å². The zero-order valence-electron chi connectivity index (χ0n) is 13.0. The summed E-state index contributed by atoms with van der Waals surface area (Å²) in [4.78, 5) is 14.5. The van der Waals surface area contributed by atoms with Crippen molar-refractivity contribution in [3.63, 3.8) is 0 Å². The van der Waals surface area contributed by atoms with Crippen molar-refractivity contribution in [2.75, 3.05) is 13.1 Å². The van der Waals surface area contributed by atoms with Crippen molar-refractivity contribution < 1.29 is 9.53 Å².